The zero-order chi connectivity index (χ0) is 8.01. The molecular weight excluding hydrogens is 255 g/mol. The summed E-state index contributed by atoms with van der Waals surface area (Å²) in [5.41, 5.74) is 0. The lowest BCUT2D eigenvalue weighted by Gasteiger charge is -2.22. The third-order valence-corrected chi connectivity index (χ3v) is 4.89. The number of fused-ring (bicyclic) bond motifs is 2. The summed E-state index contributed by atoms with van der Waals surface area (Å²) < 4.78 is 0.406. The van der Waals surface area contributed by atoms with Crippen molar-refractivity contribution >= 4 is 28.6 Å². The van der Waals surface area contributed by atoms with Crippen LogP contribution in [-0.4, -0.2) is 15.0 Å². The van der Waals surface area contributed by atoms with Gasteiger partial charge in [0.25, 0.3) is 0 Å². The molecule has 0 saturated heterocycles. The van der Waals surface area contributed by atoms with E-state index in [1.807, 2.05) is 0 Å². The van der Waals surface area contributed by atoms with Gasteiger partial charge in [-0.05, 0) is 31.1 Å². The Hall–Kier alpha value is 0.200. The minimum atomic E-state index is -0.573. The highest BCUT2D eigenvalue weighted by molar-refractivity contribution is 14.1. The molecule has 0 aliphatic heterocycles. The fourth-order valence-corrected chi connectivity index (χ4v) is 4.11. The number of carbonyl (C=O) groups is 1. The minimum absolute atomic E-state index is 0.0330. The molecule has 4 unspecified atom stereocenters. The second-order valence-electron chi connectivity index (χ2n) is 3.64. The van der Waals surface area contributed by atoms with Gasteiger partial charge in [0.05, 0.1) is 5.92 Å². The van der Waals surface area contributed by atoms with Crippen LogP contribution < -0.4 is 0 Å². The smallest absolute Gasteiger partial charge is 0.307 e. The zero-order valence-electron chi connectivity index (χ0n) is 6.16. The number of alkyl halides is 1. The van der Waals surface area contributed by atoms with Gasteiger partial charge in [-0.2, -0.15) is 0 Å². The Balaban J connectivity index is 2.17. The zero-order valence-corrected chi connectivity index (χ0v) is 8.32. The van der Waals surface area contributed by atoms with E-state index in [1.165, 1.54) is 12.8 Å². The van der Waals surface area contributed by atoms with Crippen molar-refractivity contribution in [2.24, 2.45) is 17.8 Å². The predicted octanol–water partition coefficient (Wildman–Crippen LogP) is 1.92. The van der Waals surface area contributed by atoms with Crippen LogP contribution in [0.15, 0.2) is 0 Å². The molecule has 2 rings (SSSR count). The molecule has 3 heteroatoms. The average Bonchev–Trinajstić information content (AvgIpc) is 2.44. The fourth-order valence-electron chi connectivity index (χ4n) is 2.56. The molecule has 0 heterocycles. The molecule has 0 amide bonds. The van der Waals surface area contributed by atoms with E-state index in [0.717, 1.165) is 6.42 Å². The van der Waals surface area contributed by atoms with Crippen molar-refractivity contribution in [2.45, 2.75) is 23.2 Å². The van der Waals surface area contributed by atoms with Crippen LogP contribution in [0.1, 0.15) is 19.3 Å². The molecule has 62 valence electrons. The summed E-state index contributed by atoms with van der Waals surface area (Å²) in [6.45, 7) is 0. The summed E-state index contributed by atoms with van der Waals surface area (Å²) in [4.78, 5) is 10.8. The second-order valence-corrected chi connectivity index (χ2v) is 5.08. The van der Waals surface area contributed by atoms with Gasteiger partial charge < -0.3 is 5.11 Å². The Kier molecular flexibility index (Phi) is 1.85. The van der Waals surface area contributed by atoms with E-state index in [-0.39, 0.29) is 5.92 Å². The summed E-state index contributed by atoms with van der Waals surface area (Å²) in [7, 11) is 0. The SMILES string of the molecule is O=C(O)C1C2CCC(C2)C1I. The Morgan fingerprint density at radius 2 is 2.00 bits per heavy atom. The van der Waals surface area contributed by atoms with Crippen LogP contribution in [0.4, 0.5) is 0 Å². The molecule has 0 aromatic rings. The minimum Gasteiger partial charge on any atom is -0.481 e. The van der Waals surface area contributed by atoms with Gasteiger partial charge in [0.1, 0.15) is 0 Å². The first-order valence-corrected chi connectivity index (χ1v) is 5.31. The molecule has 0 radical (unpaired) electrons. The van der Waals surface area contributed by atoms with Crippen LogP contribution in [0.25, 0.3) is 0 Å². The van der Waals surface area contributed by atoms with Gasteiger partial charge >= 0.3 is 5.97 Å². The van der Waals surface area contributed by atoms with Gasteiger partial charge in [0.15, 0.2) is 0 Å². The number of aliphatic carboxylic acids is 1. The largest absolute Gasteiger partial charge is 0.481 e. The molecule has 0 aromatic carbocycles. The number of carboxylic acids is 1. The third kappa shape index (κ3) is 1.08. The van der Waals surface area contributed by atoms with E-state index in [4.69, 9.17) is 5.11 Å². The molecular formula is C8H11IO2. The number of hydrogen-bond acceptors (Lipinski definition) is 1. The van der Waals surface area contributed by atoms with Gasteiger partial charge in [-0.3, -0.25) is 4.79 Å². The molecule has 2 bridgehead atoms. The van der Waals surface area contributed by atoms with E-state index in [1.54, 1.807) is 0 Å². The second kappa shape index (κ2) is 2.61. The van der Waals surface area contributed by atoms with Crippen molar-refractivity contribution in [2.75, 3.05) is 0 Å². The number of carboxylic acid groups (broad SMARTS) is 1. The van der Waals surface area contributed by atoms with E-state index in [2.05, 4.69) is 22.6 Å². The van der Waals surface area contributed by atoms with Gasteiger partial charge in [-0.1, -0.05) is 22.6 Å². The summed E-state index contributed by atoms with van der Waals surface area (Å²) >= 11 is 2.32. The maximum absolute atomic E-state index is 10.8. The summed E-state index contributed by atoms with van der Waals surface area (Å²) in [6, 6.07) is 0. The van der Waals surface area contributed by atoms with Crippen LogP contribution in [-0.2, 0) is 4.79 Å². The quantitative estimate of drug-likeness (QED) is 0.581. The molecule has 2 aliphatic rings. The van der Waals surface area contributed by atoms with Crippen LogP contribution >= 0.6 is 22.6 Å². The Bertz CT molecular complexity index is 191. The van der Waals surface area contributed by atoms with Crippen LogP contribution in [0.3, 0.4) is 0 Å². The first kappa shape index (κ1) is 7.83. The van der Waals surface area contributed by atoms with Crippen molar-refractivity contribution in [1.29, 1.82) is 0 Å². The monoisotopic (exact) mass is 266 g/mol. The molecule has 0 spiro atoms. The lowest BCUT2D eigenvalue weighted by Crippen LogP contribution is -2.29. The fraction of sp³-hybridized carbons (Fsp3) is 0.875. The van der Waals surface area contributed by atoms with Gasteiger partial charge in [0, 0.05) is 3.92 Å². The molecule has 11 heavy (non-hydrogen) atoms. The van der Waals surface area contributed by atoms with Crippen LogP contribution in [0, 0.1) is 17.8 Å². The van der Waals surface area contributed by atoms with Crippen LogP contribution in [0.5, 0.6) is 0 Å². The normalized spacial score (nSPS) is 48.1. The first-order chi connectivity index (χ1) is 5.20. The van der Waals surface area contributed by atoms with Gasteiger partial charge in [-0.25, -0.2) is 0 Å². The van der Waals surface area contributed by atoms with Crippen molar-refractivity contribution in [3.05, 3.63) is 0 Å². The number of rotatable bonds is 1. The Morgan fingerprint density at radius 3 is 2.36 bits per heavy atom. The molecule has 4 atom stereocenters. The maximum atomic E-state index is 10.8. The van der Waals surface area contributed by atoms with Crippen LogP contribution in [0.2, 0.25) is 0 Å². The van der Waals surface area contributed by atoms with Crippen molar-refractivity contribution in [3.63, 3.8) is 0 Å². The summed E-state index contributed by atoms with van der Waals surface area (Å²) in [6.07, 6.45) is 3.59. The van der Waals surface area contributed by atoms with Gasteiger partial charge in [0.2, 0.25) is 0 Å². The van der Waals surface area contributed by atoms with Crippen molar-refractivity contribution in [1.82, 2.24) is 0 Å². The third-order valence-electron chi connectivity index (χ3n) is 3.10. The van der Waals surface area contributed by atoms with E-state index < -0.39 is 5.97 Å². The molecule has 1 N–H and O–H groups in total. The van der Waals surface area contributed by atoms with Crippen molar-refractivity contribution in [3.8, 4) is 0 Å². The number of hydrogen-bond donors (Lipinski definition) is 1. The van der Waals surface area contributed by atoms with E-state index in [9.17, 15) is 4.79 Å². The average molecular weight is 266 g/mol. The highest BCUT2D eigenvalue weighted by Crippen LogP contribution is 2.51. The summed E-state index contributed by atoms with van der Waals surface area (Å²) in [5.74, 6) is 0.604. The lowest BCUT2D eigenvalue weighted by atomic mass is 9.89. The molecule has 2 saturated carbocycles. The summed E-state index contributed by atoms with van der Waals surface area (Å²) in [5, 5.41) is 8.90. The number of halogens is 1. The Labute approximate surface area is 79.5 Å². The first-order valence-electron chi connectivity index (χ1n) is 4.07. The lowest BCUT2D eigenvalue weighted by molar-refractivity contribution is -0.143. The highest BCUT2D eigenvalue weighted by atomic mass is 127. The molecule has 2 nitrogen and oxygen atoms in total. The topological polar surface area (TPSA) is 37.3 Å². The standard InChI is InChI=1S/C8H11IO2/c9-7-5-2-1-4(3-5)6(7)8(10)11/h4-7H,1-3H2,(H,10,11). The Morgan fingerprint density at radius 1 is 1.36 bits per heavy atom. The van der Waals surface area contributed by atoms with E-state index >= 15 is 0 Å². The van der Waals surface area contributed by atoms with Crippen molar-refractivity contribution < 1.29 is 9.90 Å². The van der Waals surface area contributed by atoms with Gasteiger partial charge in [-0.15, -0.1) is 0 Å². The predicted molar refractivity (Wildman–Crippen MR) is 49.8 cm³/mol. The maximum Gasteiger partial charge on any atom is 0.307 e. The molecule has 0 aromatic heterocycles. The molecule has 2 aliphatic carbocycles. The van der Waals surface area contributed by atoms with E-state index in [0.29, 0.717) is 15.8 Å². The highest BCUT2D eigenvalue weighted by Gasteiger charge is 2.49. The molecule has 2 fully saturated rings.